The number of aromatic nitrogens is 4. The van der Waals surface area contributed by atoms with E-state index >= 15 is 0 Å². The van der Waals surface area contributed by atoms with Crippen molar-refractivity contribution in [3.63, 3.8) is 0 Å². The third-order valence-electron chi connectivity index (χ3n) is 2.47. The van der Waals surface area contributed by atoms with Gasteiger partial charge in [0.25, 0.3) is 0 Å². The molecule has 0 radical (unpaired) electrons. The predicted molar refractivity (Wildman–Crippen MR) is 72.1 cm³/mol. The summed E-state index contributed by atoms with van der Waals surface area (Å²) >= 11 is 0. The first kappa shape index (κ1) is 15.0. The first-order chi connectivity index (χ1) is 10.5. The summed E-state index contributed by atoms with van der Waals surface area (Å²) in [7, 11) is 0. The monoisotopic (exact) mass is 305 g/mol. The van der Waals surface area contributed by atoms with Crippen LogP contribution in [0.15, 0.2) is 18.3 Å². The molecule has 3 N–H and O–H groups in total. The third kappa shape index (κ3) is 3.21. The average Bonchev–Trinajstić information content (AvgIpc) is 3.00. The van der Waals surface area contributed by atoms with Gasteiger partial charge in [0.1, 0.15) is 23.1 Å². The van der Waals surface area contributed by atoms with Crippen molar-refractivity contribution in [1.82, 2.24) is 20.6 Å². The lowest BCUT2D eigenvalue weighted by Crippen LogP contribution is -2.10. The number of benzene rings is 1. The van der Waals surface area contributed by atoms with Crippen LogP contribution >= 0.6 is 0 Å². The van der Waals surface area contributed by atoms with Crippen LogP contribution in [0.5, 0.6) is 0 Å². The van der Waals surface area contributed by atoms with E-state index in [1.165, 1.54) is 0 Å². The summed E-state index contributed by atoms with van der Waals surface area (Å²) in [5, 5.41) is 26.2. The van der Waals surface area contributed by atoms with Crippen molar-refractivity contribution in [2.75, 3.05) is 10.6 Å². The Labute approximate surface area is 122 Å². The molecule has 2 rings (SSSR count). The molecule has 0 aliphatic carbocycles. The highest BCUT2D eigenvalue weighted by Crippen LogP contribution is 2.26. The van der Waals surface area contributed by atoms with E-state index in [0.717, 1.165) is 25.3 Å². The standard InChI is InChI=1S/C12H9F2N7O/c1-6(22)17-11-8(13)2-3-9(10(11)14)16-5-7(4-15)12-18-20-21-19-12/h2-3,5,16H,1H3,(H,17,22)(H,18,19,20,21). The number of hydrogen-bond donors (Lipinski definition) is 3. The van der Waals surface area contributed by atoms with Gasteiger partial charge in [-0.2, -0.15) is 10.5 Å². The van der Waals surface area contributed by atoms with Crippen LogP contribution in [0.4, 0.5) is 20.2 Å². The van der Waals surface area contributed by atoms with Crippen molar-refractivity contribution in [3.8, 4) is 6.07 Å². The molecule has 0 aliphatic rings. The van der Waals surface area contributed by atoms with Crippen LogP contribution in [0.1, 0.15) is 12.7 Å². The molecule has 0 atom stereocenters. The molecule has 22 heavy (non-hydrogen) atoms. The topological polar surface area (TPSA) is 119 Å². The van der Waals surface area contributed by atoms with Crippen molar-refractivity contribution in [3.05, 3.63) is 35.8 Å². The summed E-state index contributed by atoms with van der Waals surface area (Å²) in [5.41, 5.74) is -0.732. The van der Waals surface area contributed by atoms with E-state index in [2.05, 4.69) is 31.3 Å². The molecule has 112 valence electrons. The van der Waals surface area contributed by atoms with E-state index in [9.17, 15) is 13.6 Å². The van der Waals surface area contributed by atoms with Crippen LogP contribution in [0.2, 0.25) is 0 Å². The highest BCUT2D eigenvalue weighted by Gasteiger charge is 2.15. The van der Waals surface area contributed by atoms with Gasteiger partial charge in [-0.25, -0.2) is 8.78 Å². The Morgan fingerprint density at radius 1 is 1.45 bits per heavy atom. The summed E-state index contributed by atoms with van der Waals surface area (Å²) in [6.07, 6.45) is 1.14. The zero-order valence-electron chi connectivity index (χ0n) is 11.2. The summed E-state index contributed by atoms with van der Waals surface area (Å²) in [4.78, 5) is 10.9. The number of H-pyrrole nitrogens is 1. The highest BCUT2D eigenvalue weighted by molar-refractivity contribution is 5.89. The second kappa shape index (κ2) is 6.40. The van der Waals surface area contributed by atoms with Gasteiger partial charge in [-0.05, 0) is 17.3 Å². The molecule has 1 aromatic carbocycles. The number of amides is 1. The number of hydrogen-bond acceptors (Lipinski definition) is 6. The predicted octanol–water partition coefficient (Wildman–Crippen LogP) is 1.41. The smallest absolute Gasteiger partial charge is 0.221 e. The van der Waals surface area contributed by atoms with Gasteiger partial charge in [0.2, 0.25) is 11.7 Å². The van der Waals surface area contributed by atoms with Gasteiger partial charge in [0.05, 0.1) is 5.69 Å². The SMILES string of the molecule is CC(=O)Nc1c(F)ccc(NC=C(C#N)c2nn[nH]n2)c1F. The fourth-order valence-electron chi connectivity index (χ4n) is 1.53. The van der Waals surface area contributed by atoms with Gasteiger partial charge in [-0.1, -0.05) is 0 Å². The Morgan fingerprint density at radius 2 is 2.23 bits per heavy atom. The zero-order chi connectivity index (χ0) is 16.1. The van der Waals surface area contributed by atoms with Gasteiger partial charge >= 0.3 is 0 Å². The number of nitriles is 1. The number of halogens is 2. The second-order valence-corrected chi connectivity index (χ2v) is 4.01. The molecule has 0 saturated heterocycles. The highest BCUT2D eigenvalue weighted by atomic mass is 19.1. The van der Waals surface area contributed by atoms with Crippen LogP contribution in [0, 0.1) is 23.0 Å². The lowest BCUT2D eigenvalue weighted by atomic mass is 10.2. The maximum Gasteiger partial charge on any atom is 0.221 e. The second-order valence-electron chi connectivity index (χ2n) is 4.01. The average molecular weight is 305 g/mol. The Hall–Kier alpha value is -3.35. The number of carbonyl (C=O) groups is 1. The van der Waals surface area contributed by atoms with Crippen molar-refractivity contribution in [1.29, 1.82) is 5.26 Å². The number of tetrazole rings is 1. The summed E-state index contributed by atoms with van der Waals surface area (Å²) in [6, 6.07) is 3.90. The molecule has 1 heterocycles. The zero-order valence-corrected chi connectivity index (χ0v) is 11.2. The van der Waals surface area contributed by atoms with E-state index in [-0.39, 0.29) is 17.1 Å². The lowest BCUT2D eigenvalue weighted by molar-refractivity contribution is -0.114. The Kier molecular flexibility index (Phi) is 4.38. The van der Waals surface area contributed by atoms with Gasteiger partial charge in [0, 0.05) is 13.1 Å². The maximum atomic E-state index is 14.1. The number of anilines is 2. The van der Waals surface area contributed by atoms with Crippen LogP contribution in [0.3, 0.4) is 0 Å². The van der Waals surface area contributed by atoms with Gasteiger partial charge in [-0.15, -0.1) is 10.2 Å². The molecule has 2 aromatic rings. The minimum atomic E-state index is -1.00. The maximum absolute atomic E-state index is 14.1. The quantitative estimate of drug-likeness (QED) is 0.735. The molecule has 0 fully saturated rings. The Bertz CT molecular complexity index is 765. The normalized spacial score (nSPS) is 10.9. The number of nitrogens with zero attached hydrogens (tertiary/aromatic N) is 4. The minimum Gasteiger partial charge on any atom is -0.358 e. The summed E-state index contributed by atoms with van der Waals surface area (Å²) < 4.78 is 27.6. The van der Waals surface area contributed by atoms with Crippen molar-refractivity contribution in [2.45, 2.75) is 6.92 Å². The van der Waals surface area contributed by atoms with Crippen LogP contribution < -0.4 is 10.6 Å². The molecule has 8 nitrogen and oxygen atoms in total. The van der Waals surface area contributed by atoms with Crippen molar-refractivity contribution >= 4 is 22.9 Å². The van der Waals surface area contributed by atoms with Gasteiger partial charge < -0.3 is 10.6 Å². The number of aromatic amines is 1. The summed E-state index contributed by atoms with van der Waals surface area (Å²) in [5.74, 6) is -2.52. The molecule has 10 heteroatoms. The minimum absolute atomic E-state index is 0.0135. The first-order valence-corrected chi connectivity index (χ1v) is 5.89. The lowest BCUT2D eigenvalue weighted by Gasteiger charge is -2.09. The molecule has 1 aromatic heterocycles. The Morgan fingerprint density at radius 3 is 2.82 bits per heavy atom. The fraction of sp³-hybridized carbons (Fsp3) is 0.0833. The Balaban J connectivity index is 2.31. The van der Waals surface area contributed by atoms with Crippen molar-refractivity contribution < 1.29 is 13.6 Å². The molecular formula is C12H9F2N7O. The molecule has 0 spiro atoms. The van der Waals surface area contributed by atoms with Crippen LogP contribution in [0.25, 0.3) is 5.57 Å². The third-order valence-corrected chi connectivity index (χ3v) is 2.47. The van der Waals surface area contributed by atoms with E-state index in [1.54, 1.807) is 6.07 Å². The van der Waals surface area contributed by atoms with Crippen molar-refractivity contribution in [2.24, 2.45) is 0 Å². The van der Waals surface area contributed by atoms with Gasteiger partial charge in [0.15, 0.2) is 5.82 Å². The van der Waals surface area contributed by atoms with E-state index in [0.29, 0.717) is 0 Å². The molecule has 1 amide bonds. The number of carbonyl (C=O) groups excluding carboxylic acids is 1. The van der Waals surface area contributed by atoms with Crippen LogP contribution in [-0.2, 0) is 4.79 Å². The van der Waals surface area contributed by atoms with E-state index in [1.807, 2.05) is 0 Å². The first-order valence-electron chi connectivity index (χ1n) is 5.89. The number of nitrogens with one attached hydrogen (secondary N) is 3. The van der Waals surface area contributed by atoms with Gasteiger partial charge in [-0.3, -0.25) is 4.79 Å². The molecule has 0 unspecified atom stereocenters. The molecule has 0 aliphatic heterocycles. The molecule has 0 saturated carbocycles. The number of allylic oxidation sites excluding steroid dienone is 1. The van der Waals surface area contributed by atoms with E-state index in [4.69, 9.17) is 5.26 Å². The number of rotatable bonds is 4. The molecule has 0 bridgehead atoms. The summed E-state index contributed by atoms with van der Waals surface area (Å²) in [6.45, 7) is 1.13. The fourth-order valence-corrected chi connectivity index (χ4v) is 1.53. The molecular weight excluding hydrogens is 296 g/mol. The largest absolute Gasteiger partial charge is 0.358 e. The van der Waals surface area contributed by atoms with Crippen LogP contribution in [-0.4, -0.2) is 26.5 Å². The van der Waals surface area contributed by atoms with E-state index < -0.39 is 23.2 Å².